The average Bonchev–Trinajstić information content (AvgIpc) is 3.37. The zero-order chi connectivity index (χ0) is 19.3. The second-order valence-electron chi connectivity index (χ2n) is 6.97. The number of hydrogen-bond acceptors (Lipinski definition) is 6. The summed E-state index contributed by atoms with van der Waals surface area (Å²) in [5.74, 6) is 1.59. The zero-order valence-corrected chi connectivity index (χ0v) is 17.1. The molecule has 2 heterocycles. The Hall–Kier alpha value is -2.41. The summed E-state index contributed by atoms with van der Waals surface area (Å²) in [5, 5.41) is 6.62. The standard InChI is InChI=1S/C22H25N3O2S/c1-3-25(2)13-17-6-4-5-16(9-17)11-23-12-19-14-28-22(24-19)18-7-8-20-21(10-18)27-15-26-20/h4-10,14,23H,3,11-13,15H2,1-2H3. The van der Waals surface area contributed by atoms with E-state index in [2.05, 4.69) is 53.8 Å². The highest BCUT2D eigenvalue weighted by Gasteiger charge is 2.15. The van der Waals surface area contributed by atoms with Gasteiger partial charge in [0.1, 0.15) is 5.01 Å². The van der Waals surface area contributed by atoms with Gasteiger partial charge in [0.25, 0.3) is 0 Å². The van der Waals surface area contributed by atoms with Gasteiger partial charge >= 0.3 is 0 Å². The van der Waals surface area contributed by atoms with Crippen molar-refractivity contribution in [3.05, 3.63) is 64.7 Å². The number of thiazole rings is 1. The summed E-state index contributed by atoms with van der Waals surface area (Å²) >= 11 is 1.65. The van der Waals surface area contributed by atoms with Crippen molar-refractivity contribution in [1.82, 2.24) is 15.2 Å². The number of nitrogens with one attached hydrogen (secondary N) is 1. The fourth-order valence-electron chi connectivity index (χ4n) is 3.15. The zero-order valence-electron chi connectivity index (χ0n) is 16.3. The summed E-state index contributed by atoms with van der Waals surface area (Å²) in [6, 6.07) is 14.7. The molecule has 0 spiro atoms. The lowest BCUT2D eigenvalue weighted by Gasteiger charge is -2.14. The van der Waals surface area contributed by atoms with Crippen LogP contribution in [0.25, 0.3) is 10.6 Å². The Bertz CT molecular complexity index is 941. The summed E-state index contributed by atoms with van der Waals surface area (Å²) in [5.41, 5.74) is 4.77. The molecule has 0 bridgehead atoms. The van der Waals surface area contributed by atoms with E-state index in [0.717, 1.165) is 53.9 Å². The van der Waals surface area contributed by atoms with E-state index in [4.69, 9.17) is 14.5 Å². The van der Waals surface area contributed by atoms with Gasteiger partial charge in [-0.1, -0.05) is 31.2 Å². The van der Waals surface area contributed by atoms with E-state index in [9.17, 15) is 0 Å². The topological polar surface area (TPSA) is 46.6 Å². The van der Waals surface area contributed by atoms with E-state index >= 15 is 0 Å². The van der Waals surface area contributed by atoms with Crippen molar-refractivity contribution >= 4 is 11.3 Å². The van der Waals surface area contributed by atoms with Crippen LogP contribution in [0.3, 0.4) is 0 Å². The first-order valence-electron chi connectivity index (χ1n) is 9.53. The van der Waals surface area contributed by atoms with Gasteiger partial charge < -0.3 is 19.7 Å². The molecule has 28 heavy (non-hydrogen) atoms. The third-order valence-corrected chi connectivity index (χ3v) is 5.73. The first kappa shape index (κ1) is 18.9. The molecule has 0 saturated heterocycles. The summed E-state index contributed by atoms with van der Waals surface area (Å²) in [6.07, 6.45) is 0. The van der Waals surface area contributed by atoms with Crippen LogP contribution in [0.1, 0.15) is 23.7 Å². The van der Waals surface area contributed by atoms with E-state index in [1.54, 1.807) is 11.3 Å². The Kier molecular flexibility index (Phi) is 5.90. The number of nitrogens with zero attached hydrogens (tertiary/aromatic N) is 2. The number of hydrogen-bond donors (Lipinski definition) is 1. The third-order valence-electron chi connectivity index (χ3n) is 4.79. The lowest BCUT2D eigenvalue weighted by Crippen LogP contribution is -2.17. The summed E-state index contributed by atoms with van der Waals surface area (Å²) in [7, 11) is 2.14. The molecule has 1 N–H and O–H groups in total. The van der Waals surface area contributed by atoms with Gasteiger partial charge in [0.05, 0.1) is 5.69 Å². The van der Waals surface area contributed by atoms with Crippen LogP contribution in [0.5, 0.6) is 11.5 Å². The lowest BCUT2D eigenvalue weighted by molar-refractivity contribution is 0.174. The molecule has 1 aromatic heterocycles. The van der Waals surface area contributed by atoms with Crippen molar-refractivity contribution in [3.8, 4) is 22.1 Å². The maximum atomic E-state index is 5.46. The SMILES string of the molecule is CCN(C)Cc1cccc(CNCc2csc(-c3ccc4c(c3)OCO4)n2)c1. The fourth-order valence-corrected chi connectivity index (χ4v) is 3.96. The van der Waals surface area contributed by atoms with E-state index < -0.39 is 0 Å². The van der Waals surface area contributed by atoms with Crippen LogP contribution in [0, 0.1) is 0 Å². The van der Waals surface area contributed by atoms with Gasteiger partial charge in [0.2, 0.25) is 6.79 Å². The number of fused-ring (bicyclic) bond motifs is 1. The van der Waals surface area contributed by atoms with Gasteiger partial charge in [-0.25, -0.2) is 4.98 Å². The molecule has 6 heteroatoms. The quantitative estimate of drug-likeness (QED) is 0.617. The minimum absolute atomic E-state index is 0.293. The second kappa shape index (κ2) is 8.73. The van der Waals surface area contributed by atoms with Gasteiger partial charge in [-0.2, -0.15) is 0 Å². The van der Waals surface area contributed by atoms with Crippen LogP contribution in [-0.2, 0) is 19.6 Å². The predicted molar refractivity (Wildman–Crippen MR) is 113 cm³/mol. The van der Waals surface area contributed by atoms with Gasteiger partial charge in [0, 0.05) is 30.6 Å². The molecular formula is C22H25N3O2S. The smallest absolute Gasteiger partial charge is 0.231 e. The monoisotopic (exact) mass is 395 g/mol. The van der Waals surface area contributed by atoms with Crippen LogP contribution in [0.2, 0.25) is 0 Å². The van der Waals surface area contributed by atoms with E-state index in [0.29, 0.717) is 6.79 Å². The molecule has 0 aliphatic carbocycles. The Morgan fingerprint density at radius 2 is 1.93 bits per heavy atom. The average molecular weight is 396 g/mol. The van der Waals surface area contributed by atoms with E-state index in [1.165, 1.54) is 11.1 Å². The third kappa shape index (κ3) is 4.52. The normalized spacial score (nSPS) is 12.7. The lowest BCUT2D eigenvalue weighted by atomic mass is 10.1. The highest BCUT2D eigenvalue weighted by Crippen LogP contribution is 2.36. The summed E-state index contributed by atoms with van der Waals surface area (Å²) in [4.78, 5) is 7.06. The van der Waals surface area contributed by atoms with Gasteiger partial charge in [0.15, 0.2) is 11.5 Å². The van der Waals surface area contributed by atoms with Crippen molar-refractivity contribution < 1.29 is 9.47 Å². The molecule has 1 aliphatic rings. The molecule has 0 atom stereocenters. The minimum Gasteiger partial charge on any atom is -0.454 e. The number of rotatable bonds is 8. The van der Waals surface area contributed by atoms with Crippen molar-refractivity contribution in [2.45, 2.75) is 26.6 Å². The molecular weight excluding hydrogens is 370 g/mol. The Morgan fingerprint density at radius 1 is 1.07 bits per heavy atom. The van der Waals surface area contributed by atoms with E-state index in [-0.39, 0.29) is 0 Å². The maximum Gasteiger partial charge on any atom is 0.231 e. The number of aromatic nitrogens is 1. The number of benzene rings is 2. The molecule has 5 nitrogen and oxygen atoms in total. The van der Waals surface area contributed by atoms with Crippen molar-refractivity contribution in [3.63, 3.8) is 0 Å². The molecule has 0 fully saturated rings. The molecule has 1 aliphatic heterocycles. The largest absolute Gasteiger partial charge is 0.454 e. The Morgan fingerprint density at radius 3 is 2.82 bits per heavy atom. The van der Waals surface area contributed by atoms with Crippen molar-refractivity contribution in [1.29, 1.82) is 0 Å². The highest BCUT2D eigenvalue weighted by atomic mass is 32.1. The van der Waals surface area contributed by atoms with Gasteiger partial charge in [-0.15, -0.1) is 11.3 Å². The molecule has 0 unspecified atom stereocenters. The summed E-state index contributed by atoms with van der Waals surface area (Å²) in [6.45, 7) is 6.09. The number of ether oxygens (including phenoxy) is 2. The van der Waals surface area contributed by atoms with Crippen LogP contribution in [0.4, 0.5) is 0 Å². The van der Waals surface area contributed by atoms with Crippen molar-refractivity contribution in [2.75, 3.05) is 20.4 Å². The molecule has 0 saturated carbocycles. The molecule has 3 aromatic rings. The fraction of sp³-hybridized carbons (Fsp3) is 0.318. The molecule has 146 valence electrons. The Labute approximate surface area is 169 Å². The van der Waals surface area contributed by atoms with Crippen LogP contribution in [0.15, 0.2) is 47.8 Å². The van der Waals surface area contributed by atoms with Crippen LogP contribution >= 0.6 is 11.3 Å². The Balaban J connectivity index is 1.33. The summed E-state index contributed by atoms with van der Waals surface area (Å²) < 4.78 is 10.8. The van der Waals surface area contributed by atoms with Gasteiger partial charge in [-0.05, 0) is 42.9 Å². The molecule has 2 aromatic carbocycles. The van der Waals surface area contributed by atoms with Crippen LogP contribution < -0.4 is 14.8 Å². The minimum atomic E-state index is 0.293. The van der Waals surface area contributed by atoms with Gasteiger partial charge in [-0.3, -0.25) is 0 Å². The van der Waals surface area contributed by atoms with Crippen LogP contribution in [-0.4, -0.2) is 30.3 Å². The molecule has 4 rings (SSSR count). The predicted octanol–water partition coefficient (Wildman–Crippen LogP) is 4.28. The van der Waals surface area contributed by atoms with E-state index in [1.807, 2.05) is 18.2 Å². The molecule has 0 amide bonds. The molecule has 0 radical (unpaired) electrons. The first-order chi connectivity index (χ1) is 13.7. The maximum absolute atomic E-state index is 5.46. The second-order valence-corrected chi connectivity index (χ2v) is 7.82. The highest BCUT2D eigenvalue weighted by molar-refractivity contribution is 7.13. The first-order valence-corrected chi connectivity index (χ1v) is 10.4. The van der Waals surface area contributed by atoms with Crippen molar-refractivity contribution in [2.24, 2.45) is 0 Å².